The van der Waals surface area contributed by atoms with Crippen LogP contribution in [0.3, 0.4) is 0 Å². The molecule has 0 spiro atoms. The highest BCUT2D eigenvalue weighted by atomic mass is 35.5. The van der Waals surface area contributed by atoms with Crippen molar-refractivity contribution in [3.63, 3.8) is 0 Å². The minimum Gasteiger partial charge on any atom is -0.463 e. The Morgan fingerprint density at radius 3 is 2.60 bits per heavy atom. The number of amides is 1. The van der Waals surface area contributed by atoms with Crippen molar-refractivity contribution in [2.24, 2.45) is 0 Å². The maximum atomic E-state index is 12.4. The van der Waals surface area contributed by atoms with E-state index in [0.29, 0.717) is 22.2 Å². The number of nitrogens with zero attached hydrogens (tertiary/aromatic N) is 1. The highest BCUT2D eigenvalue weighted by molar-refractivity contribution is 6.33. The first-order chi connectivity index (χ1) is 12.0. The van der Waals surface area contributed by atoms with Gasteiger partial charge in [-0.15, -0.1) is 0 Å². The Balaban J connectivity index is 1.82. The van der Waals surface area contributed by atoms with E-state index in [2.05, 4.69) is 10.3 Å². The third kappa shape index (κ3) is 3.59. The van der Waals surface area contributed by atoms with Crippen LogP contribution in [0.4, 0.5) is 11.4 Å². The number of carbonyl (C=O) groups excluding carboxylic acids is 1. The van der Waals surface area contributed by atoms with E-state index >= 15 is 0 Å². The number of hydrogen-bond acceptors (Lipinski definition) is 4. The van der Waals surface area contributed by atoms with Crippen LogP contribution in [-0.4, -0.2) is 25.0 Å². The number of H-pyrrole nitrogens is 1. The number of pyridine rings is 1. The van der Waals surface area contributed by atoms with Crippen LogP contribution in [0.1, 0.15) is 10.4 Å². The van der Waals surface area contributed by atoms with Gasteiger partial charge in [0, 0.05) is 19.8 Å². The summed E-state index contributed by atoms with van der Waals surface area (Å²) < 4.78 is 5.22. The third-order valence-electron chi connectivity index (χ3n) is 3.63. The van der Waals surface area contributed by atoms with Crippen LogP contribution >= 0.6 is 11.6 Å². The van der Waals surface area contributed by atoms with Gasteiger partial charge in [0.15, 0.2) is 0 Å². The Morgan fingerprint density at radius 2 is 2.00 bits per heavy atom. The number of aromatic nitrogens is 1. The average Bonchev–Trinajstić information content (AvgIpc) is 3.08. The topological polar surface area (TPSA) is 78.3 Å². The fourth-order valence-electron chi connectivity index (χ4n) is 2.37. The molecule has 128 valence electrons. The third-order valence-corrected chi connectivity index (χ3v) is 3.93. The van der Waals surface area contributed by atoms with E-state index in [9.17, 15) is 9.59 Å². The van der Waals surface area contributed by atoms with Gasteiger partial charge in [-0.25, -0.2) is 0 Å². The van der Waals surface area contributed by atoms with Gasteiger partial charge in [0.1, 0.15) is 11.3 Å². The predicted molar refractivity (Wildman–Crippen MR) is 98.5 cm³/mol. The van der Waals surface area contributed by atoms with Crippen LogP contribution in [0, 0.1) is 0 Å². The van der Waals surface area contributed by atoms with Crippen molar-refractivity contribution < 1.29 is 9.21 Å². The molecule has 0 unspecified atom stereocenters. The molecule has 0 atom stereocenters. The van der Waals surface area contributed by atoms with Gasteiger partial charge in [0.2, 0.25) is 0 Å². The molecule has 0 bridgehead atoms. The number of nitrogens with one attached hydrogen (secondary N) is 2. The van der Waals surface area contributed by atoms with Gasteiger partial charge in [0.05, 0.1) is 22.7 Å². The highest BCUT2D eigenvalue weighted by Crippen LogP contribution is 2.27. The lowest BCUT2D eigenvalue weighted by Crippen LogP contribution is -2.23. The molecular weight excluding hydrogens is 342 g/mol. The number of carbonyl (C=O) groups is 1. The van der Waals surface area contributed by atoms with Gasteiger partial charge < -0.3 is 19.6 Å². The number of rotatable bonds is 4. The van der Waals surface area contributed by atoms with E-state index in [4.69, 9.17) is 16.0 Å². The largest absolute Gasteiger partial charge is 0.463 e. The summed E-state index contributed by atoms with van der Waals surface area (Å²) in [5.41, 5.74) is 1.35. The maximum absolute atomic E-state index is 12.4. The molecule has 3 rings (SSSR count). The molecule has 3 aromatic rings. The van der Waals surface area contributed by atoms with Gasteiger partial charge in [-0.05, 0) is 42.5 Å². The second kappa shape index (κ2) is 6.86. The Labute approximate surface area is 149 Å². The molecule has 0 aliphatic carbocycles. The number of halogens is 1. The quantitative estimate of drug-likeness (QED) is 0.747. The normalized spacial score (nSPS) is 10.5. The van der Waals surface area contributed by atoms with Crippen LogP contribution in [-0.2, 0) is 0 Å². The summed E-state index contributed by atoms with van der Waals surface area (Å²) >= 11 is 6.19. The van der Waals surface area contributed by atoms with Crippen molar-refractivity contribution in [1.29, 1.82) is 0 Å². The highest BCUT2D eigenvalue weighted by Gasteiger charge is 2.13. The monoisotopic (exact) mass is 357 g/mol. The molecule has 1 aromatic carbocycles. The minimum atomic E-state index is -0.513. The summed E-state index contributed by atoms with van der Waals surface area (Å²) in [5, 5.41) is 3.18. The Kier molecular flexibility index (Phi) is 4.63. The first-order valence-corrected chi connectivity index (χ1v) is 7.89. The smallest absolute Gasteiger partial charge is 0.261 e. The first kappa shape index (κ1) is 16.9. The molecule has 6 nitrogen and oxygen atoms in total. The summed E-state index contributed by atoms with van der Waals surface area (Å²) in [6.45, 7) is 0. The van der Waals surface area contributed by atoms with Crippen molar-refractivity contribution in [3.8, 4) is 11.5 Å². The SMILES string of the molecule is CN(C)c1ccc(NC(=O)c2ccc(-c3ccco3)[nH]c2=O)cc1Cl. The number of hydrogen-bond donors (Lipinski definition) is 2. The van der Waals surface area contributed by atoms with Crippen LogP contribution in [0.2, 0.25) is 5.02 Å². The van der Waals surface area contributed by atoms with Crippen LogP contribution in [0.15, 0.2) is 57.9 Å². The van der Waals surface area contributed by atoms with Gasteiger partial charge in [-0.2, -0.15) is 0 Å². The van der Waals surface area contributed by atoms with E-state index in [-0.39, 0.29) is 5.56 Å². The summed E-state index contributed by atoms with van der Waals surface area (Å²) in [7, 11) is 3.75. The van der Waals surface area contributed by atoms with Crippen molar-refractivity contribution in [2.45, 2.75) is 0 Å². The Morgan fingerprint density at radius 1 is 1.20 bits per heavy atom. The Hall–Kier alpha value is -2.99. The Bertz CT molecular complexity index is 962. The fourth-order valence-corrected chi connectivity index (χ4v) is 2.72. The fraction of sp³-hybridized carbons (Fsp3) is 0.111. The molecule has 1 amide bonds. The summed E-state index contributed by atoms with van der Waals surface area (Å²) in [5.74, 6) is 0.0102. The molecule has 0 aliphatic rings. The molecule has 0 saturated heterocycles. The molecular formula is C18H16ClN3O3. The molecule has 2 aromatic heterocycles. The maximum Gasteiger partial charge on any atom is 0.261 e. The van der Waals surface area contributed by atoms with Gasteiger partial charge in [0.25, 0.3) is 11.5 Å². The second-order valence-electron chi connectivity index (χ2n) is 5.61. The van der Waals surface area contributed by atoms with Crippen molar-refractivity contribution in [3.05, 3.63) is 69.7 Å². The predicted octanol–water partition coefficient (Wildman–Crippen LogP) is 3.61. The molecule has 0 saturated carbocycles. The molecule has 0 fully saturated rings. The molecule has 0 aliphatic heterocycles. The van der Waals surface area contributed by atoms with Crippen molar-refractivity contribution in [2.75, 3.05) is 24.3 Å². The lowest BCUT2D eigenvalue weighted by atomic mass is 10.2. The van der Waals surface area contributed by atoms with E-state index in [1.165, 1.54) is 12.3 Å². The zero-order chi connectivity index (χ0) is 18.0. The first-order valence-electron chi connectivity index (χ1n) is 7.51. The van der Waals surface area contributed by atoms with Gasteiger partial charge in [-0.1, -0.05) is 11.6 Å². The number of furan rings is 1. The van der Waals surface area contributed by atoms with Crippen LogP contribution in [0.5, 0.6) is 0 Å². The summed E-state index contributed by atoms with van der Waals surface area (Å²) in [6.07, 6.45) is 1.51. The van der Waals surface area contributed by atoms with Gasteiger partial charge in [-0.3, -0.25) is 9.59 Å². The standard InChI is InChI=1S/C18H16ClN3O3/c1-22(2)15-8-5-11(10-13(15)19)20-17(23)12-6-7-14(21-18(12)24)16-4-3-9-25-16/h3-10H,1-2H3,(H,20,23)(H,21,24). The average molecular weight is 358 g/mol. The van der Waals surface area contributed by atoms with Crippen molar-refractivity contribution in [1.82, 2.24) is 4.98 Å². The van der Waals surface area contributed by atoms with Gasteiger partial charge >= 0.3 is 0 Å². The summed E-state index contributed by atoms with van der Waals surface area (Å²) in [6, 6.07) is 11.7. The lowest BCUT2D eigenvalue weighted by Gasteiger charge is -2.15. The second-order valence-corrected chi connectivity index (χ2v) is 6.01. The van der Waals surface area contributed by atoms with E-state index in [0.717, 1.165) is 5.69 Å². The minimum absolute atomic E-state index is 0.00288. The molecule has 2 heterocycles. The molecule has 2 N–H and O–H groups in total. The molecule has 7 heteroatoms. The number of benzene rings is 1. The van der Waals surface area contributed by atoms with E-state index in [1.807, 2.05) is 19.0 Å². The molecule has 25 heavy (non-hydrogen) atoms. The van der Waals surface area contributed by atoms with Crippen LogP contribution < -0.4 is 15.8 Å². The van der Waals surface area contributed by atoms with E-state index < -0.39 is 11.5 Å². The molecule has 0 radical (unpaired) electrons. The zero-order valence-electron chi connectivity index (χ0n) is 13.7. The lowest BCUT2D eigenvalue weighted by molar-refractivity contribution is 0.102. The zero-order valence-corrected chi connectivity index (χ0v) is 14.4. The van der Waals surface area contributed by atoms with E-state index in [1.54, 1.807) is 36.4 Å². The summed E-state index contributed by atoms with van der Waals surface area (Å²) in [4.78, 5) is 29.0. The van der Waals surface area contributed by atoms with Crippen molar-refractivity contribution >= 4 is 28.9 Å². The van der Waals surface area contributed by atoms with Crippen LogP contribution in [0.25, 0.3) is 11.5 Å². The number of anilines is 2. The number of aromatic amines is 1.